The molecule has 0 aliphatic rings. The van der Waals surface area contributed by atoms with E-state index in [4.69, 9.17) is 9.47 Å². The van der Waals surface area contributed by atoms with E-state index in [-0.39, 0.29) is 24.9 Å². The van der Waals surface area contributed by atoms with Gasteiger partial charge in [0.15, 0.2) is 6.61 Å². The summed E-state index contributed by atoms with van der Waals surface area (Å²) in [6.07, 6.45) is 6.28. The van der Waals surface area contributed by atoms with Crippen LogP contribution < -0.4 is 4.74 Å². The predicted molar refractivity (Wildman–Crippen MR) is 106 cm³/mol. The minimum Gasteiger partial charge on any atom is -0.483 e. The highest BCUT2D eigenvalue weighted by molar-refractivity contribution is 5.78. The van der Waals surface area contributed by atoms with Gasteiger partial charge in [-0.2, -0.15) is 0 Å². The maximum atomic E-state index is 12.7. The molecule has 152 valence electrons. The van der Waals surface area contributed by atoms with Crippen LogP contribution in [0.15, 0.2) is 36.9 Å². The third kappa shape index (κ3) is 6.72. The van der Waals surface area contributed by atoms with Gasteiger partial charge in [0, 0.05) is 32.0 Å². The SMILES string of the molecule is CCOC(=O)CCN(CCCn1ccnc1)C(=O)COc1cccc(C)c1C. The van der Waals surface area contributed by atoms with Gasteiger partial charge in [0.1, 0.15) is 5.75 Å². The Morgan fingerprint density at radius 2 is 2.04 bits per heavy atom. The molecular formula is C21H29N3O4. The smallest absolute Gasteiger partial charge is 0.307 e. The highest BCUT2D eigenvalue weighted by atomic mass is 16.5. The Morgan fingerprint density at radius 1 is 1.21 bits per heavy atom. The number of rotatable bonds is 11. The van der Waals surface area contributed by atoms with Crippen LogP contribution in [-0.4, -0.2) is 52.6 Å². The van der Waals surface area contributed by atoms with Crippen LogP contribution in [0.25, 0.3) is 0 Å². The Bertz CT molecular complexity index is 759. The summed E-state index contributed by atoms with van der Waals surface area (Å²) in [5, 5.41) is 0. The lowest BCUT2D eigenvalue weighted by Crippen LogP contribution is -2.37. The van der Waals surface area contributed by atoms with Crippen LogP contribution in [0.2, 0.25) is 0 Å². The first-order valence-electron chi connectivity index (χ1n) is 9.59. The van der Waals surface area contributed by atoms with E-state index in [2.05, 4.69) is 4.98 Å². The molecule has 0 fully saturated rings. The second kappa shape index (κ2) is 11.1. The van der Waals surface area contributed by atoms with E-state index < -0.39 is 0 Å². The summed E-state index contributed by atoms with van der Waals surface area (Å²) >= 11 is 0. The lowest BCUT2D eigenvalue weighted by molar-refractivity contribution is -0.144. The summed E-state index contributed by atoms with van der Waals surface area (Å²) in [5.74, 6) is 0.262. The fraction of sp³-hybridized carbons (Fsp3) is 0.476. The molecule has 0 aliphatic heterocycles. The Kier molecular flexibility index (Phi) is 8.52. The molecular weight excluding hydrogens is 358 g/mol. The Labute approximate surface area is 166 Å². The van der Waals surface area contributed by atoms with E-state index in [1.807, 2.05) is 42.8 Å². The largest absolute Gasteiger partial charge is 0.483 e. The molecule has 0 aliphatic carbocycles. The number of ether oxygens (including phenoxy) is 2. The molecule has 0 unspecified atom stereocenters. The van der Waals surface area contributed by atoms with Gasteiger partial charge >= 0.3 is 5.97 Å². The number of amides is 1. The van der Waals surface area contributed by atoms with Crippen molar-refractivity contribution in [2.24, 2.45) is 0 Å². The number of hydrogen-bond acceptors (Lipinski definition) is 5. The van der Waals surface area contributed by atoms with Gasteiger partial charge in [-0.1, -0.05) is 12.1 Å². The molecule has 2 aromatic rings. The molecule has 1 heterocycles. The van der Waals surface area contributed by atoms with Gasteiger partial charge in [-0.25, -0.2) is 4.98 Å². The molecule has 7 heteroatoms. The Hall–Kier alpha value is -2.83. The zero-order valence-electron chi connectivity index (χ0n) is 16.9. The lowest BCUT2D eigenvalue weighted by atomic mass is 10.1. The zero-order valence-corrected chi connectivity index (χ0v) is 16.9. The molecule has 0 saturated carbocycles. The summed E-state index contributed by atoms with van der Waals surface area (Å²) in [6.45, 7) is 7.63. The average molecular weight is 387 g/mol. The van der Waals surface area contributed by atoms with Crippen LogP contribution in [0.1, 0.15) is 30.9 Å². The number of aryl methyl sites for hydroxylation is 2. The second-order valence-corrected chi connectivity index (χ2v) is 6.58. The number of nitrogens with zero attached hydrogens (tertiary/aromatic N) is 3. The van der Waals surface area contributed by atoms with Gasteiger partial charge in [-0.15, -0.1) is 0 Å². The van der Waals surface area contributed by atoms with Gasteiger partial charge in [-0.05, 0) is 44.4 Å². The quantitative estimate of drug-likeness (QED) is 0.554. The molecule has 28 heavy (non-hydrogen) atoms. The van der Waals surface area contributed by atoms with Crippen molar-refractivity contribution < 1.29 is 19.1 Å². The van der Waals surface area contributed by atoms with Crippen molar-refractivity contribution in [2.45, 2.75) is 40.2 Å². The fourth-order valence-electron chi connectivity index (χ4n) is 2.80. The van der Waals surface area contributed by atoms with E-state index in [1.165, 1.54) is 0 Å². The van der Waals surface area contributed by atoms with Crippen molar-refractivity contribution >= 4 is 11.9 Å². The molecule has 0 bridgehead atoms. The first-order valence-corrected chi connectivity index (χ1v) is 9.59. The first-order chi connectivity index (χ1) is 13.5. The number of carbonyl (C=O) groups is 2. The van der Waals surface area contributed by atoms with E-state index >= 15 is 0 Å². The van der Waals surface area contributed by atoms with Crippen molar-refractivity contribution in [3.8, 4) is 5.75 Å². The van der Waals surface area contributed by atoms with E-state index in [1.54, 1.807) is 24.3 Å². The number of aromatic nitrogens is 2. The van der Waals surface area contributed by atoms with Crippen LogP contribution in [0.5, 0.6) is 5.75 Å². The first kappa shape index (κ1) is 21.5. The van der Waals surface area contributed by atoms with Gasteiger partial charge in [0.05, 0.1) is 19.4 Å². The third-order valence-electron chi connectivity index (χ3n) is 4.55. The van der Waals surface area contributed by atoms with Gasteiger partial charge in [0.25, 0.3) is 5.91 Å². The van der Waals surface area contributed by atoms with Crippen molar-refractivity contribution in [2.75, 3.05) is 26.3 Å². The third-order valence-corrected chi connectivity index (χ3v) is 4.55. The molecule has 0 saturated heterocycles. The summed E-state index contributed by atoms with van der Waals surface area (Å²) < 4.78 is 12.7. The van der Waals surface area contributed by atoms with Crippen LogP contribution in [0.3, 0.4) is 0 Å². The molecule has 0 spiro atoms. The number of benzene rings is 1. The molecule has 2 rings (SSSR count). The van der Waals surface area contributed by atoms with Crippen LogP contribution in [0.4, 0.5) is 0 Å². The number of carbonyl (C=O) groups excluding carboxylic acids is 2. The maximum Gasteiger partial charge on any atom is 0.307 e. The fourth-order valence-corrected chi connectivity index (χ4v) is 2.80. The van der Waals surface area contributed by atoms with Crippen molar-refractivity contribution in [3.63, 3.8) is 0 Å². The van der Waals surface area contributed by atoms with Crippen LogP contribution >= 0.6 is 0 Å². The number of hydrogen-bond donors (Lipinski definition) is 0. The van der Waals surface area contributed by atoms with Crippen molar-refractivity contribution in [1.29, 1.82) is 0 Å². The van der Waals surface area contributed by atoms with Crippen molar-refractivity contribution in [1.82, 2.24) is 14.5 Å². The van der Waals surface area contributed by atoms with Crippen molar-refractivity contribution in [3.05, 3.63) is 48.0 Å². The zero-order chi connectivity index (χ0) is 20.4. The molecule has 0 atom stereocenters. The Balaban J connectivity index is 1.91. The predicted octanol–water partition coefficient (Wildman–Crippen LogP) is 2.75. The van der Waals surface area contributed by atoms with Gasteiger partial charge in [0.2, 0.25) is 0 Å². The highest BCUT2D eigenvalue weighted by Gasteiger charge is 2.16. The average Bonchev–Trinajstić information content (AvgIpc) is 3.19. The van der Waals surface area contributed by atoms with E-state index in [0.29, 0.717) is 25.4 Å². The van der Waals surface area contributed by atoms with E-state index in [9.17, 15) is 9.59 Å². The topological polar surface area (TPSA) is 73.7 Å². The van der Waals surface area contributed by atoms with Gasteiger partial charge < -0.3 is 18.9 Å². The molecule has 0 radical (unpaired) electrons. The van der Waals surface area contributed by atoms with E-state index in [0.717, 1.165) is 24.1 Å². The monoisotopic (exact) mass is 387 g/mol. The molecule has 1 aromatic heterocycles. The maximum absolute atomic E-state index is 12.7. The van der Waals surface area contributed by atoms with Crippen LogP contribution in [0, 0.1) is 13.8 Å². The molecule has 7 nitrogen and oxygen atoms in total. The summed E-state index contributed by atoms with van der Waals surface area (Å²) in [5.41, 5.74) is 2.14. The second-order valence-electron chi connectivity index (χ2n) is 6.58. The molecule has 0 N–H and O–H groups in total. The highest BCUT2D eigenvalue weighted by Crippen LogP contribution is 2.20. The minimum atomic E-state index is -0.301. The summed E-state index contributed by atoms with van der Waals surface area (Å²) in [6, 6.07) is 5.77. The molecule has 1 amide bonds. The summed E-state index contributed by atoms with van der Waals surface area (Å²) in [7, 11) is 0. The van der Waals surface area contributed by atoms with Gasteiger partial charge in [-0.3, -0.25) is 9.59 Å². The Morgan fingerprint density at radius 3 is 2.75 bits per heavy atom. The molecule has 1 aromatic carbocycles. The lowest BCUT2D eigenvalue weighted by Gasteiger charge is -2.23. The van der Waals surface area contributed by atoms with Crippen LogP contribution in [-0.2, 0) is 20.9 Å². The summed E-state index contributed by atoms with van der Waals surface area (Å²) in [4.78, 5) is 30.1. The standard InChI is InChI=1S/C21H29N3O4/c1-4-27-21(26)9-13-24(12-6-11-23-14-10-22-16-23)20(25)15-28-19-8-5-7-17(2)18(19)3/h5,7-8,10,14,16H,4,6,9,11-13,15H2,1-3H3. The number of esters is 1. The normalized spacial score (nSPS) is 10.5. The minimum absolute atomic E-state index is 0.0573. The number of imidazole rings is 1.